The Hall–Kier alpha value is -3.63. The lowest BCUT2D eigenvalue weighted by Gasteiger charge is -2.26. The van der Waals surface area contributed by atoms with Crippen molar-refractivity contribution >= 4 is 22.0 Å². The van der Waals surface area contributed by atoms with Crippen molar-refractivity contribution in [1.29, 1.82) is 0 Å². The quantitative estimate of drug-likeness (QED) is 0.509. The van der Waals surface area contributed by atoms with Gasteiger partial charge in [0.2, 0.25) is 0 Å². The van der Waals surface area contributed by atoms with Crippen LogP contribution in [0.2, 0.25) is 0 Å². The maximum atomic E-state index is 13.5. The lowest BCUT2D eigenvalue weighted by Crippen LogP contribution is -2.41. The molecule has 1 aliphatic heterocycles. The standard InChI is InChI=1S/C23H23N5O4S/c1-28-21(29)23(27-22(28)24,19-9-7-16(8-10-19)4-3-11-33(30,31)32)20-6-2-5-17(12-20)18-13-25-15-26-14-18/h2,5-10,12-15H,3-4,11H2,1H3,(H2,24,27)(H,30,31,32). The molecular formula is C23H23N5O4S. The molecule has 1 unspecified atom stereocenters. The number of carbonyl (C=O) groups is 1. The summed E-state index contributed by atoms with van der Waals surface area (Å²) in [6.07, 6.45) is 5.60. The molecule has 0 radical (unpaired) electrons. The molecule has 0 spiro atoms. The maximum absolute atomic E-state index is 13.5. The molecule has 10 heteroatoms. The fraction of sp³-hybridized carbons (Fsp3) is 0.217. The summed E-state index contributed by atoms with van der Waals surface area (Å²) < 4.78 is 30.8. The van der Waals surface area contributed by atoms with Gasteiger partial charge in [0, 0.05) is 25.0 Å². The van der Waals surface area contributed by atoms with Crippen molar-refractivity contribution in [2.24, 2.45) is 10.7 Å². The average molecular weight is 466 g/mol. The van der Waals surface area contributed by atoms with Crippen molar-refractivity contribution in [1.82, 2.24) is 14.9 Å². The number of rotatable bonds is 7. The molecule has 2 aromatic carbocycles. The molecule has 1 atom stereocenters. The van der Waals surface area contributed by atoms with Gasteiger partial charge in [0.1, 0.15) is 6.33 Å². The largest absolute Gasteiger partial charge is 0.369 e. The zero-order valence-electron chi connectivity index (χ0n) is 17.9. The second-order valence-electron chi connectivity index (χ2n) is 7.84. The highest BCUT2D eigenvalue weighted by molar-refractivity contribution is 7.85. The molecule has 0 aliphatic carbocycles. The van der Waals surface area contributed by atoms with Crippen LogP contribution in [0.1, 0.15) is 23.1 Å². The molecule has 3 aromatic rings. The van der Waals surface area contributed by atoms with Crippen molar-refractivity contribution < 1.29 is 17.8 Å². The molecule has 3 N–H and O–H groups in total. The number of aromatic nitrogens is 2. The highest BCUT2D eigenvalue weighted by Gasteiger charge is 2.49. The van der Waals surface area contributed by atoms with E-state index in [0.717, 1.165) is 16.7 Å². The third-order valence-electron chi connectivity index (χ3n) is 5.65. The second-order valence-corrected chi connectivity index (χ2v) is 9.41. The Balaban J connectivity index is 1.74. The van der Waals surface area contributed by atoms with Crippen LogP contribution in [-0.4, -0.2) is 52.5 Å². The van der Waals surface area contributed by atoms with Crippen molar-refractivity contribution in [3.8, 4) is 11.1 Å². The van der Waals surface area contributed by atoms with Crippen LogP contribution in [0.4, 0.5) is 0 Å². The van der Waals surface area contributed by atoms with E-state index in [1.807, 2.05) is 36.4 Å². The second kappa shape index (κ2) is 8.72. The fourth-order valence-corrected chi connectivity index (χ4v) is 4.44. The number of carbonyl (C=O) groups excluding carboxylic acids is 1. The number of amides is 1. The number of likely N-dealkylation sites (N-methyl/N-ethyl adjacent to an activating group) is 1. The predicted octanol–water partition coefficient (Wildman–Crippen LogP) is 1.99. The Labute approximate surface area is 191 Å². The van der Waals surface area contributed by atoms with Crippen molar-refractivity contribution in [2.75, 3.05) is 12.8 Å². The normalized spacial score (nSPS) is 18.4. The molecule has 1 amide bonds. The number of hydrogen-bond acceptors (Lipinski definition) is 7. The first-order valence-electron chi connectivity index (χ1n) is 10.2. The van der Waals surface area contributed by atoms with Crippen LogP contribution in [0, 0.1) is 0 Å². The van der Waals surface area contributed by atoms with Gasteiger partial charge in [-0.05, 0) is 41.2 Å². The summed E-state index contributed by atoms with van der Waals surface area (Å²) in [6, 6.07) is 14.7. The number of benzene rings is 2. The van der Waals surface area contributed by atoms with E-state index < -0.39 is 15.7 Å². The van der Waals surface area contributed by atoms with Gasteiger partial charge in [-0.15, -0.1) is 0 Å². The topological polar surface area (TPSA) is 139 Å². The highest BCUT2D eigenvalue weighted by Crippen LogP contribution is 2.40. The number of aryl methyl sites for hydroxylation is 1. The van der Waals surface area contributed by atoms with Gasteiger partial charge in [-0.3, -0.25) is 14.2 Å². The highest BCUT2D eigenvalue weighted by atomic mass is 32.2. The van der Waals surface area contributed by atoms with Crippen LogP contribution >= 0.6 is 0 Å². The monoisotopic (exact) mass is 465 g/mol. The van der Waals surface area contributed by atoms with Crippen LogP contribution in [0.5, 0.6) is 0 Å². The molecule has 0 fully saturated rings. The van der Waals surface area contributed by atoms with Gasteiger partial charge in [0.05, 0.1) is 5.75 Å². The number of nitrogens with zero attached hydrogens (tertiary/aromatic N) is 4. The van der Waals surface area contributed by atoms with Crippen molar-refractivity contribution in [2.45, 2.75) is 18.4 Å². The van der Waals surface area contributed by atoms with E-state index in [0.29, 0.717) is 17.5 Å². The number of nitrogens with two attached hydrogens (primary N) is 1. The van der Waals surface area contributed by atoms with Crippen molar-refractivity contribution in [3.05, 3.63) is 83.9 Å². The lowest BCUT2D eigenvalue weighted by molar-refractivity contribution is -0.129. The molecule has 1 aromatic heterocycles. The molecule has 0 saturated carbocycles. The molecule has 2 heterocycles. The van der Waals surface area contributed by atoms with Crippen molar-refractivity contribution in [3.63, 3.8) is 0 Å². The number of guanidine groups is 1. The van der Waals surface area contributed by atoms with Crippen LogP contribution in [0.25, 0.3) is 11.1 Å². The first-order chi connectivity index (χ1) is 15.7. The third kappa shape index (κ3) is 4.48. The van der Waals surface area contributed by atoms with E-state index in [-0.39, 0.29) is 24.0 Å². The Kier molecular flexibility index (Phi) is 5.96. The summed E-state index contributed by atoms with van der Waals surface area (Å²) in [5.74, 6) is -0.468. The summed E-state index contributed by atoms with van der Waals surface area (Å²) in [5.41, 5.74) is 8.52. The summed E-state index contributed by atoms with van der Waals surface area (Å²) in [7, 11) is -2.41. The molecule has 1 aliphatic rings. The molecule has 4 rings (SSSR count). The summed E-state index contributed by atoms with van der Waals surface area (Å²) in [5, 5.41) is 0. The number of aliphatic imine (C=N–C) groups is 1. The van der Waals surface area contributed by atoms with E-state index in [1.165, 1.54) is 11.2 Å². The van der Waals surface area contributed by atoms with E-state index in [2.05, 4.69) is 15.0 Å². The van der Waals surface area contributed by atoms with Gasteiger partial charge in [-0.2, -0.15) is 8.42 Å². The molecular weight excluding hydrogens is 442 g/mol. The maximum Gasteiger partial charge on any atom is 0.266 e. The van der Waals surface area contributed by atoms with E-state index in [4.69, 9.17) is 10.3 Å². The van der Waals surface area contributed by atoms with E-state index >= 15 is 0 Å². The third-order valence-corrected chi connectivity index (χ3v) is 6.46. The molecule has 9 nitrogen and oxygen atoms in total. The first-order valence-corrected chi connectivity index (χ1v) is 11.9. The minimum atomic E-state index is -4.00. The van der Waals surface area contributed by atoms with Gasteiger partial charge >= 0.3 is 0 Å². The van der Waals surface area contributed by atoms with E-state index in [1.54, 1.807) is 31.6 Å². The lowest BCUT2D eigenvalue weighted by atomic mass is 9.81. The zero-order valence-corrected chi connectivity index (χ0v) is 18.7. The Morgan fingerprint density at radius 3 is 2.33 bits per heavy atom. The summed E-state index contributed by atoms with van der Waals surface area (Å²) in [4.78, 5) is 27.5. The number of hydrogen-bond donors (Lipinski definition) is 2. The molecule has 170 valence electrons. The van der Waals surface area contributed by atoms with Crippen LogP contribution in [-0.2, 0) is 26.9 Å². The summed E-state index contributed by atoms with van der Waals surface area (Å²) >= 11 is 0. The Bertz CT molecular complexity index is 1310. The minimum absolute atomic E-state index is 0.116. The SMILES string of the molecule is CN1C(=O)C(c2ccc(CCCS(=O)(=O)O)cc2)(c2cccc(-c3cncnc3)c2)N=C1N. The fourth-order valence-electron chi connectivity index (χ4n) is 3.93. The minimum Gasteiger partial charge on any atom is -0.369 e. The Morgan fingerprint density at radius 1 is 1.03 bits per heavy atom. The van der Waals surface area contributed by atoms with Gasteiger partial charge in [-0.1, -0.05) is 42.5 Å². The smallest absolute Gasteiger partial charge is 0.266 e. The summed E-state index contributed by atoms with van der Waals surface area (Å²) in [6.45, 7) is 0. The molecule has 0 saturated heterocycles. The average Bonchev–Trinajstić information content (AvgIpc) is 3.04. The van der Waals surface area contributed by atoms with Gasteiger partial charge in [0.15, 0.2) is 11.5 Å². The zero-order chi connectivity index (χ0) is 23.6. The van der Waals surface area contributed by atoms with Gasteiger partial charge in [-0.25, -0.2) is 15.0 Å². The van der Waals surface area contributed by atoms with Gasteiger partial charge in [0.25, 0.3) is 16.0 Å². The first kappa shape index (κ1) is 22.6. The van der Waals surface area contributed by atoms with Gasteiger partial charge < -0.3 is 5.73 Å². The van der Waals surface area contributed by atoms with Crippen LogP contribution in [0.3, 0.4) is 0 Å². The molecule has 0 bridgehead atoms. The van der Waals surface area contributed by atoms with Crippen LogP contribution in [0.15, 0.2) is 72.2 Å². The molecule has 33 heavy (non-hydrogen) atoms. The van der Waals surface area contributed by atoms with E-state index in [9.17, 15) is 13.2 Å². The Morgan fingerprint density at radius 2 is 1.73 bits per heavy atom. The van der Waals surface area contributed by atoms with Crippen LogP contribution < -0.4 is 5.73 Å². The predicted molar refractivity (Wildman–Crippen MR) is 124 cm³/mol.